The van der Waals surface area contributed by atoms with E-state index >= 15 is 0 Å². The van der Waals surface area contributed by atoms with Crippen molar-refractivity contribution in [1.29, 1.82) is 0 Å². The Morgan fingerprint density at radius 3 is 2.84 bits per heavy atom. The number of aliphatic hydroxyl groups excluding tert-OH is 1. The van der Waals surface area contributed by atoms with Gasteiger partial charge in [-0.3, -0.25) is 0 Å². The maximum Gasteiger partial charge on any atom is 0.231 e. The van der Waals surface area contributed by atoms with Crippen LogP contribution in [-0.4, -0.2) is 16.9 Å². The Labute approximate surface area is 110 Å². The number of nitrogens with zero attached hydrogens (tertiary/aromatic N) is 1. The Balaban J connectivity index is 2.02. The molecule has 0 saturated heterocycles. The number of aliphatic hydroxyl groups is 1. The van der Waals surface area contributed by atoms with Crippen LogP contribution in [0.5, 0.6) is 11.5 Å². The highest BCUT2D eigenvalue weighted by molar-refractivity contribution is 5.52. The molecule has 0 aliphatic carbocycles. The standard InChI is InChI=1S/C14H14N2O3/c1-8-4-5-16-14(15)12(8)13(17)9-2-3-10-11(6-9)19-7-18-10/h2-6,13,17H,7H2,1H3,(H2,15,16). The first-order valence-electron chi connectivity index (χ1n) is 5.95. The molecule has 0 fully saturated rings. The van der Waals surface area contributed by atoms with E-state index in [1.54, 1.807) is 24.4 Å². The third-order valence-electron chi connectivity index (χ3n) is 3.22. The lowest BCUT2D eigenvalue weighted by Gasteiger charge is -2.16. The fraction of sp³-hybridized carbons (Fsp3) is 0.214. The first-order valence-corrected chi connectivity index (χ1v) is 5.95. The van der Waals surface area contributed by atoms with Gasteiger partial charge in [-0.15, -0.1) is 0 Å². The molecule has 3 N–H and O–H groups in total. The summed E-state index contributed by atoms with van der Waals surface area (Å²) >= 11 is 0. The molecular weight excluding hydrogens is 244 g/mol. The predicted octanol–water partition coefficient (Wildman–Crippen LogP) is 1.78. The van der Waals surface area contributed by atoms with Crippen LogP contribution in [0.3, 0.4) is 0 Å². The Hall–Kier alpha value is -2.27. The molecule has 1 aliphatic rings. The van der Waals surface area contributed by atoms with Crippen molar-refractivity contribution in [2.24, 2.45) is 0 Å². The fourth-order valence-corrected chi connectivity index (χ4v) is 2.20. The molecule has 0 amide bonds. The van der Waals surface area contributed by atoms with Gasteiger partial charge in [-0.05, 0) is 36.2 Å². The number of aryl methyl sites for hydroxylation is 1. The molecule has 0 bridgehead atoms. The molecule has 1 aromatic heterocycles. The molecule has 5 nitrogen and oxygen atoms in total. The van der Waals surface area contributed by atoms with Crippen molar-refractivity contribution in [2.75, 3.05) is 12.5 Å². The van der Waals surface area contributed by atoms with Gasteiger partial charge in [0.05, 0.1) is 0 Å². The highest BCUT2D eigenvalue weighted by atomic mass is 16.7. The van der Waals surface area contributed by atoms with Gasteiger partial charge in [0.1, 0.15) is 11.9 Å². The summed E-state index contributed by atoms with van der Waals surface area (Å²) in [6.45, 7) is 2.10. The van der Waals surface area contributed by atoms with Gasteiger partial charge < -0.3 is 20.3 Å². The second-order valence-corrected chi connectivity index (χ2v) is 4.44. The molecule has 1 aromatic carbocycles. The van der Waals surface area contributed by atoms with Crippen LogP contribution in [0.25, 0.3) is 0 Å². The molecule has 5 heteroatoms. The zero-order chi connectivity index (χ0) is 13.4. The highest BCUT2D eigenvalue weighted by Crippen LogP contribution is 2.36. The highest BCUT2D eigenvalue weighted by Gasteiger charge is 2.20. The Morgan fingerprint density at radius 2 is 2.05 bits per heavy atom. The summed E-state index contributed by atoms with van der Waals surface area (Å²) in [5.74, 6) is 1.66. The van der Waals surface area contributed by atoms with Gasteiger partial charge >= 0.3 is 0 Å². The van der Waals surface area contributed by atoms with Gasteiger partial charge in [0.15, 0.2) is 11.5 Å². The van der Waals surface area contributed by atoms with E-state index in [0.717, 1.165) is 5.56 Å². The molecule has 1 unspecified atom stereocenters. The molecule has 0 spiro atoms. The van der Waals surface area contributed by atoms with Crippen molar-refractivity contribution >= 4 is 5.82 Å². The summed E-state index contributed by atoms with van der Waals surface area (Å²) in [5, 5.41) is 10.5. The summed E-state index contributed by atoms with van der Waals surface area (Å²) in [6, 6.07) is 7.16. The van der Waals surface area contributed by atoms with Gasteiger partial charge in [-0.25, -0.2) is 4.98 Å². The average Bonchev–Trinajstić information content (AvgIpc) is 2.85. The van der Waals surface area contributed by atoms with E-state index in [1.807, 2.05) is 13.0 Å². The molecule has 1 aliphatic heterocycles. The maximum atomic E-state index is 10.5. The zero-order valence-electron chi connectivity index (χ0n) is 10.5. The van der Waals surface area contributed by atoms with Crippen LogP contribution in [0.4, 0.5) is 5.82 Å². The molecule has 2 aromatic rings. The van der Waals surface area contributed by atoms with Crippen LogP contribution in [0, 0.1) is 6.92 Å². The van der Waals surface area contributed by atoms with E-state index in [-0.39, 0.29) is 6.79 Å². The van der Waals surface area contributed by atoms with Gasteiger partial charge in [0.25, 0.3) is 0 Å². The van der Waals surface area contributed by atoms with Crippen molar-refractivity contribution in [3.63, 3.8) is 0 Å². The van der Waals surface area contributed by atoms with Crippen LogP contribution in [0.2, 0.25) is 0 Å². The molecule has 0 saturated carbocycles. The smallest absolute Gasteiger partial charge is 0.231 e. The Morgan fingerprint density at radius 1 is 1.26 bits per heavy atom. The number of rotatable bonds is 2. The van der Waals surface area contributed by atoms with Crippen molar-refractivity contribution in [1.82, 2.24) is 4.98 Å². The SMILES string of the molecule is Cc1ccnc(N)c1C(O)c1ccc2c(c1)OCO2. The summed E-state index contributed by atoms with van der Waals surface area (Å²) in [6.07, 6.45) is 0.795. The number of aromatic nitrogens is 1. The lowest BCUT2D eigenvalue weighted by atomic mass is 9.98. The van der Waals surface area contributed by atoms with Crippen molar-refractivity contribution in [3.8, 4) is 11.5 Å². The number of fused-ring (bicyclic) bond motifs is 1. The van der Waals surface area contributed by atoms with Crippen molar-refractivity contribution in [2.45, 2.75) is 13.0 Å². The second-order valence-electron chi connectivity index (χ2n) is 4.44. The molecular formula is C14H14N2O3. The molecule has 1 atom stereocenters. The van der Waals surface area contributed by atoms with Crippen LogP contribution in [0.15, 0.2) is 30.5 Å². The lowest BCUT2D eigenvalue weighted by Crippen LogP contribution is -2.07. The van der Waals surface area contributed by atoms with Gasteiger partial charge in [-0.1, -0.05) is 6.07 Å². The molecule has 98 valence electrons. The van der Waals surface area contributed by atoms with E-state index in [1.165, 1.54) is 0 Å². The number of ether oxygens (including phenoxy) is 2. The first-order chi connectivity index (χ1) is 9.16. The van der Waals surface area contributed by atoms with E-state index in [2.05, 4.69) is 4.98 Å². The van der Waals surface area contributed by atoms with Gasteiger partial charge in [-0.2, -0.15) is 0 Å². The molecule has 2 heterocycles. The number of nitrogen functional groups attached to an aromatic ring is 1. The fourth-order valence-electron chi connectivity index (χ4n) is 2.20. The normalized spacial score (nSPS) is 14.4. The topological polar surface area (TPSA) is 77.6 Å². The number of nitrogens with two attached hydrogens (primary N) is 1. The summed E-state index contributed by atoms with van der Waals surface area (Å²) in [4.78, 5) is 4.02. The van der Waals surface area contributed by atoms with E-state index in [0.29, 0.717) is 28.4 Å². The third kappa shape index (κ3) is 1.98. The minimum atomic E-state index is -0.830. The molecule has 3 rings (SSSR count). The number of hydrogen-bond donors (Lipinski definition) is 2. The van der Waals surface area contributed by atoms with Gasteiger partial charge in [0.2, 0.25) is 6.79 Å². The lowest BCUT2D eigenvalue weighted by molar-refractivity contribution is 0.173. The number of benzene rings is 1. The van der Waals surface area contributed by atoms with Crippen LogP contribution < -0.4 is 15.2 Å². The third-order valence-corrected chi connectivity index (χ3v) is 3.22. The summed E-state index contributed by atoms with van der Waals surface area (Å²) < 4.78 is 10.6. The van der Waals surface area contributed by atoms with Crippen LogP contribution in [-0.2, 0) is 0 Å². The Kier molecular flexibility index (Phi) is 2.76. The number of hydrogen-bond acceptors (Lipinski definition) is 5. The van der Waals surface area contributed by atoms with Crippen molar-refractivity contribution in [3.05, 3.63) is 47.2 Å². The average molecular weight is 258 g/mol. The first kappa shape index (κ1) is 11.8. The molecule has 0 radical (unpaired) electrons. The molecule has 19 heavy (non-hydrogen) atoms. The summed E-state index contributed by atoms with van der Waals surface area (Å²) in [7, 11) is 0. The van der Waals surface area contributed by atoms with Gasteiger partial charge in [0, 0.05) is 11.8 Å². The van der Waals surface area contributed by atoms with Crippen LogP contribution >= 0.6 is 0 Å². The zero-order valence-corrected chi connectivity index (χ0v) is 10.5. The Bertz CT molecular complexity index is 608. The minimum Gasteiger partial charge on any atom is -0.454 e. The summed E-state index contributed by atoms with van der Waals surface area (Å²) in [5.41, 5.74) is 8.07. The van der Waals surface area contributed by atoms with E-state index in [4.69, 9.17) is 15.2 Å². The minimum absolute atomic E-state index is 0.211. The van der Waals surface area contributed by atoms with E-state index in [9.17, 15) is 5.11 Å². The monoisotopic (exact) mass is 258 g/mol. The van der Waals surface area contributed by atoms with Crippen LogP contribution in [0.1, 0.15) is 22.8 Å². The van der Waals surface area contributed by atoms with E-state index < -0.39 is 6.10 Å². The number of pyridine rings is 1. The van der Waals surface area contributed by atoms with Crippen molar-refractivity contribution < 1.29 is 14.6 Å². The second kappa shape index (κ2) is 4.44. The quantitative estimate of drug-likeness (QED) is 0.858. The predicted molar refractivity (Wildman–Crippen MR) is 70.0 cm³/mol. The largest absolute Gasteiger partial charge is 0.454 e. The maximum absolute atomic E-state index is 10.5. The number of anilines is 1.